The molecule has 1 aliphatic heterocycles. The lowest BCUT2D eigenvalue weighted by atomic mass is 10.0. The first-order valence-electron chi connectivity index (χ1n) is 8.99. The number of fused-ring (bicyclic) bond motifs is 1. The molecule has 4 rings (SSSR count). The molecule has 0 saturated carbocycles. The molecule has 8 nitrogen and oxygen atoms in total. The smallest absolute Gasteiger partial charge is 0.255 e. The van der Waals surface area contributed by atoms with Crippen LogP contribution in [0.25, 0.3) is 11.4 Å². The number of ether oxygens (including phenoxy) is 2. The van der Waals surface area contributed by atoms with Crippen molar-refractivity contribution in [1.82, 2.24) is 24.8 Å². The zero-order valence-corrected chi connectivity index (χ0v) is 15.8. The summed E-state index contributed by atoms with van der Waals surface area (Å²) in [6.45, 7) is 1.93. The fourth-order valence-corrected chi connectivity index (χ4v) is 3.48. The first-order chi connectivity index (χ1) is 13.7. The average Bonchev–Trinajstić information content (AvgIpc) is 2.74. The van der Waals surface area contributed by atoms with Crippen molar-refractivity contribution in [3.05, 3.63) is 64.1 Å². The molecule has 144 valence electrons. The molecule has 8 heteroatoms. The zero-order valence-electron chi connectivity index (χ0n) is 15.8. The molecule has 0 radical (unpaired) electrons. The molecule has 0 atom stereocenters. The molecule has 0 bridgehead atoms. The van der Waals surface area contributed by atoms with E-state index < -0.39 is 0 Å². The SMILES string of the molecule is COc1cccc(OC)c1CN1CCc2nc(-c3cncnc3)[nH]c(=O)c2C1. The zero-order chi connectivity index (χ0) is 19.5. The summed E-state index contributed by atoms with van der Waals surface area (Å²) in [7, 11) is 3.29. The lowest BCUT2D eigenvalue weighted by molar-refractivity contribution is 0.234. The van der Waals surface area contributed by atoms with Crippen molar-refractivity contribution < 1.29 is 9.47 Å². The number of hydrogen-bond acceptors (Lipinski definition) is 7. The van der Waals surface area contributed by atoms with Crippen LogP contribution in [-0.2, 0) is 19.5 Å². The highest BCUT2D eigenvalue weighted by molar-refractivity contribution is 5.52. The summed E-state index contributed by atoms with van der Waals surface area (Å²) >= 11 is 0. The maximum atomic E-state index is 12.7. The Morgan fingerprint density at radius 2 is 1.86 bits per heavy atom. The van der Waals surface area contributed by atoms with E-state index in [0.29, 0.717) is 36.5 Å². The lowest BCUT2D eigenvalue weighted by Crippen LogP contribution is -2.35. The van der Waals surface area contributed by atoms with E-state index in [0.717, 1.165) is 29.3 Å². The number of benzene rings is 1. The lowest BCUT2D eigenvalue weighted by Gasteiger charge is -2.28. The quantitative estimate of drug-likeness (QED) is 0.722. The van der Waals surface area contributed by atoms with Gasteiger partial charge in [0.05, 0.1) is 36.6 Å². The molecule has 3 aromatic rings. The maximum absolute atomic E-state index is 12.7. The van der Waals surface area contributed by atoms with Crippen LogP contribution in [-0.4, -0.2) is 45.6 Å². The third-order valence-corrected chi connectivity index (χ3v) is 4.89. The van der Waals surface area contributed by atoms with E-state index in [4.69, 9.17) is 9.47 Å². The van der Waals surface area contributed by atoms with Crippen LogP contribution in [0.15, 0.2) is 41.7 Å². The van der Waals surface area contributed by atoms with Crippen LogP contribution in [0.5, 0.6) is 11.5 Å². The Morgan fingerprint density at radius 3 is 2.54 bits per heavy atom. The summed E-state index contributed by atoms with van der Waals surface area (Å²) in [5.41, 5.74) is 3.06. The van der Waals surface area contributed by atoms with Gasteiger partial charge in [-0.1, -0.05) is 6.07 Å². The standard InChI is InChI=1S/C20H21N5O3/c1-27-17-4-3-5-18(28-2)15(17)11-25-7-6-16-14(10-25)20(26)24-19(23-16)13-8-21-12-22-9-13/h3-5,8-9,12H,6-7,10-11H2,1-2H3,(H,23,24,26). The molecule has 0 saturated heterocycles. The third-order valence-electron chi connectivity index (χ3n) is 4.89. The second kappa shape index (κ2) is 7.77. The molecule has 2 aromatic heterocycles. The van der Waals surface area contributed by atoms with Crippen molar-refractivity contribution >= 4 is 0 Å². The minimum Gasteiger partial charge on any atom is -0.496 e. The average molecular weight is 379 g/mol. The van der Waals surface area contributed by atoms with Gasteiger partial charge in [-0.05, 0) is 12.1 Å². The number of aromatic nitrogens is 4. The van der Waals surface area contributed by atoms with Gasteiger partial charge in [0.25, 0.3) is 5.56 Å². The molecule has 0 fully saturated rings. The summed E-state index contributed by atoms with van der Waals surface area (Å²) in [4.78, 5) is 30.4. The van der Waals surface area contributed by atoms with Crippen LogP contribution >= 0.6 is 0 Å². The number of H-pyrrole nitrogens is 1. The molecular weight excluding hydrogens is 358 g/mol. The van der Waals surface area contributed by atoms with Gasteiger partial charge in [-0.25, -0.2) is 15.0 Å². The highest BCUT2D eigenvalue weighted by Crippen LogP contribution is 2.30. The molecule has 0 aliphatic carbocycles. The van der Waals surface area contributed by atoms with Gasteiger partial charge in [-0.15, -0.1) is 0 Å². The molecule has 28 heavy (non-hydrogen) atoms. The molecular formula is C20H21N5O3. The topological polar surface area (TPSA) is 93.2 Å². The highest BCUT2D eigenvalue weighted by atomic mass is 16.5. The number of nitrogens with one attached hydrogen (secondary N) is 1. The Morgan fingerprint density at radius 1 is 1.14 bits per heavy atom. The predicted octanol–water partition coefficient (Wildman–Crippen LogP) is 1.80. The summed E-state index contributed by atoms with van der Waals surface area (Å²) < 4.78 is 11.0. The van der Waals surface area contributed by atoms with Crippen molar-refractivity contribution in [3.63, 3.8) is 0 Å². The summed E-state index contributed by atoms with van der Waals surface area (Å²) in [6, 6.07) is 5.73. The van der Waals surface area contributed by atoms with Gasteiger partial charge in [0, 0.05) is 38.4 Å². The first-order valence-corrected chi connectivity index (χ1v) is 8.99. The molecule has 1 N–H and O–H groups in total. The number of nitrogens with zero attached hydrogens (tertiary/aromatic N) is 4. The predicted molar refractivity (Wildman–Crippen MR) is 103 cm³/mol. The van der Waals surface area contributed by atoms with E-state index in [1.54, 1.807) is 26.6 Å². The van der Waals surface area contributed by atoms with Crippen molar-refractivity contribution in [2.45, 2.75) is 19.5 Å². The summed E-state index contributed by atoms with van der Waals surface area (Å²) in [5, 5.41) is 0. The molecule has 0 unspecified atom stereocenters. The molecule has 1 aromatic carbocycles. The Bertz CT molecular complexity index is 1010. The minimum absolute atomic E-state index is 0.124. The van der Waals surface area contributed by atoms with E-state index >= 15 is 0 Å². The summed E-state index contributed by atoms with van der Waals surface area (Å²) in [6.07, 6.45) is 5.42. The van der Waals surface area contributed by atoms with Crippen LogP contribution in [0.2, 0.25) is 0 Å². The van der Waals surface area contributed by atoms with E-state index in [9.17, 15) is 4.79 Å². The van der Waals surface area contributed by atoms with Crippen molar-refractivity contribution in [2.24, 2.45) is 0 Å². The Labute approximate surface area is 162 Å². The maximum Gasteiger partial charge on any atom is 0.255 e. The molecule has 3 heterocycles. The molecule has 0 amide bonds. The van der Waals surface area contributed by atoms with Gasteiger partial charge < -0.3 is 14.5 Å². The van der Waals surface area contributed by atoms with Crippen molar-refractivity contribution in [2.75, 3.05) is 20.8 Å². The normalized spacial score (nSPS) is 13.8. The largest absolute Gasteiger partial charge is 0.496 e. The highest BCUT2D eigenvalue weighted by Gasteiger charge is 2.23. The van der Waals surface area contributed by atoms with Gasteiger partial charge in [0.2, 0.25) is 0 Å². The number of rotatable bonds is 5. The fraction of sp³-hybridized carbons (Fsp3) is 0.300. The van der Waals surface area contributed by atoms with Gasteiger partial charge in [-0.3, -0.25) is 9.69 Å². The van der Waals surface area contributed by atoms with E-state index in [1.807, 2.05) is 18.2 Å². The monoisotopic (exact) mass is 379 g/mol. The van der Waals surface area contributed by atoms with E-state index in [-0.39, 0.29) is 5.56 Å². The van der Waals surface area contributed by atoms with Crippen LogP contribution < -0.4 is 15.0 Å². The van der Waals surface area contributed by atoms with Gasteiger partial charge in [0.15, 0.2) is 0 Å². The minimum atomic E-state index is -0.124. The number of hydrogen-bond donors (Lipinski definition) is 1. The second-order valence-corrected chi connectivity index (χ2v) is 6.57. The van der Waals surface area contributed by atoms with Crippen LogP contribution in [0, 0.1) is 0 Å². The van der Waals surface area contributed by atoms with E-state index in [2.05, 4.69) is 24.8 Å². The fourth-order valence-electron chi connectivity index (χ4n) is 3.48. The first kappa shape index (κ1) is 18.1. The van der Waals surface area contributed by atoms with Gasteiger partial charge in [0.1, 0.15) is 23.7 Å². The summed E-state index contributed by atoms with van der Waals surface area (Å²) in [5.74, 6) is 2.05. The van der Waals surface area contributed by atoms with Crippen molar-refractivity contribution in [3.8, 4) is 22.9 Å². The van der Waals surface area contributed by atoms with Crippen LogP contribution in [0.1, 0.15) is 16.8 Å². The van der Waals surface area contributed by atoms with Crippen LogP contribution in [0.3, 0.4) is 0 Å². The van der Waals surface area contributed by atoms with Gasteiger partial charge >= 0.3 is 0 Å². The third kappa shape index (κ3) is 3.46. The Balaban J connectivity index is 1.61. The van der Waals surface area contributed by atoms with E-state index in [1.165, 1.54) is 6.33 Å². The molecule has 1 aliphatic rings. The second-order valence-electron chi connectivity index (χ2n) is 6.57. The number of methoxy groups -OCH3 is 2. The van der Waals surface area contributed by atoms with Crippen LogP contribution in [0.4, 0.5) is 0 Å². The molecule has 0 spiro atoms. The van der Waals surface area contributed by atoms with Crippen molar-refractivity contribution in [1.29, 1.82) is 0 Å². The number of aromatic amines is 1. The Kier molecular flexibility index (Phi) is 5.03. The Hall–Kier alpha value is -3.26. The van der Waals surface area contributed by atoms with Gasteiger partial charge in [-0.2, -0.15) is 0 Å².